The van der Waals surface area contributed by atoms with Crippen LogP contribution in [0.15, 0.2) is 72.1 Å². The largest absolute Gasteiger partial charge is 0.507 e. The molecular weight excluding hydrogens is 382 g/mol. The number of nitrogen functional groups attached to an aromatic ring is 2. The second kappa shape index (κ2) is 8.42. The maximum Gasteiger partial charge on any atom is 0.296 e. The fourth-order valence-corrected chi connectivity index (χ4v) is 3.03. The molecule has 0 bridgehead atoms. The molecule has 3 rings (SSSR count). The van der Waals surface area contributed by atoms with Gasteiger partial charge in [-0.2, -0.15) is 8.42 Å². The van der Waals surface area contributed by atoms with E-state index in [1.165, 1.54) is 18.2 Å². The van der Waals surface area contributed by atoms with Gasteiger partial charge in [-0.05, 0) is 41.8 Å². The summed E-state index contributed by atoms with van der Waals surface area (Å²) in [6.07, 6.45) is 1.19. The zero-order chi connectivity index (χ0) is 20.9. The molecule has 7 N–H and O–H groups in total. The van der Waals surface area contributed by atoms with Crippen molar-refractivity contribution in [3.63, 3.8) is 0 Å². The Hall–Kier alpha value is -3.56. The first-order valence-corrected chi connectivity index (χ1v) is 9.34. The normalized spacial score (nSPS) is 10.6. The first kappa shape index (κ1) is 20.7. The van der Waals surface area contributed by atoms with Crippen molar-refractivity contribution in [2.75, 3.05) is 16.8 Å². The summed E-state index contributed by atoms with van der Waals surface area (Å²) in [6.45, 7) is 3.38. The molecule has 0 unspecified atom stereocenters. The Labute approximate surface area is 161 Å². The minimum absolute atomic E-state index is 0.0216. The molecule has 9 heteroatoms. The summed E-state index contributed by atoms with van der Waals surface area (Å²) >= 11 is 0. The second-order valence-corrected chi connectivity index (χ2v) is 7.04. The van der Waals surface area contributed by atoms with Gasteiger partial charge in [-0.3, -0.25) is 9.35 Å². The van der Waals surface area contributed by atoms with Gasteiger partial charge in [-0.25, -0.2) is 0 Å². The molecule has 0 aromatic heterocycles. The van der Waals surface area contributed by atoms with E-state index in [4.69, 9.17) is 16.0 Å². The summed E-state index contributed by atoms with van der Waals surface area (Å²) in [4.78, 5) is 10.9. The van der Waals surface area contributed by atoms with E-state index in [-0.39, 0.29) is 27.9 Å². The summed E-state index contributed by atoms with van der Waals surface area (Å²) in [5.74, 6) is -0.145. The number of rotatable bonds is 3. The summed E-state index contributed by atoms with van der Waals surface area (Å²) < 4.78 is 29.9. The highest BCUT2D eigenvalue weighted by Gasteiger charge is 2.13. The predicted molar refractivity (Wildman–Crippen MR) is 110 cm³/mol. The molecule has 0 radical (unpaired) electrons. The van der Waals surface area contributed by atoms with Crippen molar-refractivity contribution in [3.8, 4) is 5.75 Å². The molecule has 0 saturated carbocycles. The van der Waals surface area contributed by atoms with Crippen LogP contribution in [0.5, 0.6) is 5.75 Å². The molecular formula is C19H19N3O5S. The standard InChI is InChI=1S/C13H11NO2.C6H8N2O3S/c1-2-12(16)14-10-7-3-5-9-6-4-8-11(15)13(9)10;7-4-1-2-5(8)6(3-4)12(9,10)11/h2-8,15H,1H2,(H,14,16);1-3H,7-8H2,(H,9,10,11). The number of phenols is 1. The van der Waals surface area contributed by atoms with Gasteiger partial charge in [0.2, 0.25) is 5.91 Å². The van der Waals surface area contributed by atoms with Gasteiger partial charge in [0.25, 0.3) is 10.1 Å². The lowest BCUT2D eigenvalue weighted by Gasteiger charge is -2.08. The Morgan fingerprint density at radius 3 is 2.29 bits per heavy atom. The Morgan fingerprint density at radius 2 is 1.71 bits per heavy atom. The zero-order valence-corrected chi connectivity index (χ0v) is 15.5. The minimum Gasteiger partial charge on any atom is -0.507 e. The van der Waals surface area contributed by atoms with Gasteiger partial charge in [0, 0.05) is 11.1 Å². The van der Waals surface area contributed by atoms with Gasteiger partial charge in [0.05, 0.1) is 11.4 Å². The van der Waals surface area contributed by atoms with Crippen LogP contribution in [-0.4, -0.2) is 24.0 Å². The predicted octanol–water partition coefficient (Wildman–Crippen LogP) is 2.77. The number of carbonyl (C=O) groups is 1. The van der Waals surface area contributed by atoms with Gasteiger partial charge in [0.1, 0.15) is 10.6 Å². The lowest BCUT2D eigenvalue weighted by molar-refractivity contribution is -0.111. The molecule has 28 heavy (non-hydrogen) atoms. The number of amides is 1. The molecule has 0 spiro atoms. The van der Waals surface area contributed by atoms with E-state index in [0.29, 0.717) is 11.1 Å². The summed E-state index contributed by atoms with van der Waals surface area (Å²) in [5.41, 5.74) is 11.4. The van der Waals surface area contributed by atoms with Gasteiger partial charge >= 0.3 is 0 Å². The van der Waals surface area contributed by atoms with E-state index in [9.17, 15) is 18.3 Å². The molecule has 8 nitrogen and oxygen atoms in total. The zero-order valence-electron chi connectivity index (χ0n) is 14.7. The first-order valence-electron chi connectivity index (χ1n) is 7.90. The highest BCUT2D eigenvalue weighted by Crippen LogP contribution is 2.31. The molecule has 3 aromatic carbocycles. The van der Waals surface area contributed by atoms with E-state index in [1.54, 1.807) is 18.2 Å². The molecule has 146 valence electrons. The number of hydrogen-bond acceptors (Lipinski definition) is 6. The van der Waals surface area contributed by atoms with Gasteiger partial charge in [0.15, 0.2) is 0 Å². The molecule has 0 aliphatic rings. The number of nitrogens with one attached hydrogen (secondary N) is 1. The second-order valence-electron chi connectivity index (χ2n) is 5.65. The van der Waals surface area contributed by atoms with Gasteiger partial charge in [-0.15, -0.1) is 0 Å². The Bertz CT molecular complexity index is 1140. The van der Waals surface area contributed by atoms with Gasteiger partial charge in [-0.1, -0.05) is 30.8 Å². The molecule has 0 aliphatic carbocycles. The molecule has 0 fully saturated rings. The van der Waals surface area contributed by atoms with Crippen LogP contribution in [0.3, 0.4) is 0 Å². The summed E-state index contributed by atoms with van der Waals surface area (Å²) in [7, 11) is -4.26. The number of aromatic hydroxyl groups is 1. The Kier molecular flexibility index (Phi) is 6.24. The lowest BCUT2D eigenvalue weighted by atomic mass is 10.1. The Morgan fingerprint density at radius 1 is 1.07 bits per heavy atom. The third kappa shape index (κ3) is 5.00. The first-order chi connectivity index (χ1) is 13.1. The van der Waals surface area contributed by atoms with Crippen molar-refractivity contribution in [1.82, 2.24) is 0 Å². The molecule has 3 aromatic rings. The van der Waals surface area contributed by atoms with E-state index in [1.807, 2.05) is 18.2 Å². The number of phenolic OH excluding ortho intramolecular Hbond substituents is 1. The minimum atomic E-state index is -4.26. The number of hydrogen-bond donors (Lipinski definition) is 5. The van der Waals surface area contributed by atoms with Crippen LogP contribution >= 0.6 is 0 Å². The SMILES string of the molecule is C=CC(=O)Nc1cccc2cccc(O)c12.Nc1ccc(N)c(S(=O)(=O)O)c1. The van der Waals surface area contributed by atoms with Crippen LogP contribution in [0.4, 0.5) is 17.1 Å². The highest BCUT2D eigenvalue weighted by atomic mass is 32.2. The van der Waals surface area contributed by atoms with E-state index in [0.717, 1.165) is 11.5 Å². The van der Waals surface area contributed by atoms with Gasteiger partial charge < -0.3 is 21.9 Å². The van der Waals surface area contributed by atoms with Crippen LogP contribution in [0.2, 0.25) is 0 Å². The molecule has 1 amide bonds. The summed E-state index contributed by atoms with van der Waals surface area (Å²) in [5, 5.41) is 13.9. The van der Waals surface area contributed by atoms with Crippen LogP contribution < -0.4 is 16.8 Å². The van der Waals surface area contributed by atoms with E-state index < -0.39 is 10.1 Å². The van der Waals surface area contributed by atoms with Crippen molar-refractivity contribution >= 4 is 43.9 Å². The number of benzene rings is 3. The quantitative estimate of drug-likeness (QED) is 0.257. The van der Waals surface area contributed by atoms with E-state index >= 15 is 0 Å². The monoisotopic (exact) mass is 401 g/mol. The molecule has 0 atom stereocenters. The summed E-state index contributed by atoms with van der Waals surface area (Å²) in [6, 6.07) is 14.5. The number of anilines is 3. The smallest absolute Gasteiger partial charge is 0.296 e. The average Bonchev–Trinajstić information content (AvgIpc) is 2.63. The molecule has 0 saturated heterocycles. The highest BCUT2D eigenvalue weighted by molar-refractivity contribution is 7.86. The number of nitrogens with two attached hydrogens (primary N) is 2. The third-order valence-corrected chi connectivity index (χ3v) is 4.55. The fraction of sp³-hybridized carbons (Fsp3) is 0. The van der Waals surface area contributed by atoms with Crippen molar-refractivity contribution in [2.24, 2.45) is 0 Å². The van der Waals surface area contributed by atoms with E-state index in [2.05, 4.69) is 11.9 Å². The van der Waals surface area contributed by atoms with Crippen LogP contribution in [-0.2, 0) is 14.9 Å². The van der Waals surface area contributed by atoms with Crippen molar-refractivity contribution in [1.29, 1.82) is 0 Å². The third-order valence-electron chi connectivity index (χ3n) is 3.64. The molecule has 0 heterocycles. The average molecular weight is 401 g/mol. The number of carbonyl (C=O) groups excluding carboxylic acids is 1. The maximum atomic E-state index is 11.2. The Balaban J connectivity index is 0.000000209. The maximum absolute atomic E-state index is 11.2. The van der Waals surface area contributed by atoms with Crippen LogP contribution in [0, 0.1) is 0 Å². The van der Waals surface area contributed by atoms with Crippen LogP contribution in [0.1, 0.15) is 0 Å². The fourth-order valence-electron chi connectivity index (χ4n) is 2.38. The van der Waals surface area contributed by atoms with Crippen LogP contribution in [0.25, 0.3) is 10.8 Å². The molecule has 0 aliphatic heterocycles. The van der Waals surface area contributed by atoms with Crippen molar-refractivity contribution in [2.45, 2.75) is 4.90 Å². The topological polar surface area (TPSA) is 156 Å². The lowest BCUT2D eigenvalue weighted by Crippen LogP contribution is -2.07. The van der Waals surface area contributed by atoms with Crippen molar-refractivity contribution < 1.29 is 22.9 Å². The number of fused-ring (bicyclic) bond motifs is 1. The van der Waals surface area contributed by atoms with Crippen molar-refractivity contribution in [3.05, 3.63) is 67.3 Å².